The van der Waals surface area contributed by atoms with Gasteiger partial charge in [-0.2, -0.15) is 5.10 Å². The third kappa shape index (κ3) is 5.98. The number of hydrogen-bond acceptors (Lipinski definition) is 3. The minimum atomic E-state index is 0.336. The van der Waals surface area contributed by atoms with E-state index in [1.54, 1.807) is 5.57 Å². The Balaban J connectivity index is 1.34. The van der Waals surface area contributed by atoms with Crippen molar-refractivity contribution in [1.29, 1.82) is 0 Å². The van der Waals surface area contributed by atoms with Crippen LogP contribution >= 0.6 is 0 Å². The molecule has 1 aliphatic carbocycles. The van der Waals surface area contributed by atoms with E-state index in [2.05, 4.69) is 131 Å². The van der Waals surface area contributed by atoms with Gasteiger partial charge in [0.05, 0.1) is 22.4 Å². The molecule has 0 saturated heterocycles. The SMILES string of the molecule is CCC1=CCC[C@H](CC)C1c1c(CC)nn(-c2cc(Oc3ccc4c5ccccc5n(-c5cc(C)ccn5)c4c3)cc(C(C)C)c2)c1CC. The lowest BCUT2D eigenvalue weighted by molar-refractivity contribution is 0.392. The number of hydrogen-bond donors (Lipinski definition) is 0. The molecule has 3 aromatic heterocycles. The maximum absolute atomic E-state index is 6.79. The van der Waals surface area contributed by atoms with Gasteiger partial charge >= 0.3 is 0 Å². The van der Waals surface area contributed by atoms with E-state index in [1.165, 1.54) is 58.1 Å². The number of benzene rings is 3. The molecular formula is C44H50N4O. The van der Waals surface area contributed by atoms with Gasteiger partial charge in [-0.25, -0.2) is 9.67 Å². The summed E-state index contributed by atoms with van der Waals surface area (Å²) < 4.78 is 11.3. The van der Waals surface area contributed by atoms with Crippen molar-refractivity contribution in [3.05, 3.63) is 119 Å². The summed E-state index contributed by atoms with van der Waals surface area (Å²) >= 11 is 0. The average Bonchev–Trinajstić information content (AvgIpc) is 3.66. The zero-order valence-electron chi connectivity index (χ0n) is 30.3. The van der Waals surface area contributed by atoms with Crippen LogP contribution in [0.15, 0.2) is 90.6 Å². The predicted octanol–water partition coefficient (Wildman–Crippen LogP) is 12.0. The molecule has 1 aliphatic rings. The molecule has 0 N–H and O–H groups in total. The fourth-order valence-corrected chi connectivity index (χ4v) is 8.15. The van der Waals surface area contributed by atoms with Gasteiger partial charge in [-0.3, -0.25) is 4.57 Å². The summed E-state index contributed by atoms with van der Waals surface area (Å²) in [7, 11) is 0. The van der Waals surface area contributed by atoms with Crippen LogP contribution in [0.3, 0.4) is 0 Å². The molecule has 0 fully saturated rings. The Morgan fingerprint density at radius 1 is 0.837 bits per heavy atom. The van der Waals surface area contributed by atoms with E-state index in [4.69, 9.17) is 14.8 Å². The van der Waals surface area contributed by atoms with Crippen molar-refractivity contribution in [2.24, 2.45) is 5.92 Å². The smallest absolute Gasteiger partial charge is 0.137 e. The molecule has 0 bridgehead atoms. The Labute approximate surface area is 291 Å². The number of rotatable bonds is 10. The molecule has 1 unspecified atom stereocenters. The third-order valence-electron chi connectivity index (χ3n) is 10.7. The van der Waals surface area contributed by atoms with Gasteiger partial charge in [0.25, 0.3) is 0 Å². The number of allylic oxidation sites excluding steroid dienone is 2. The molecule has 0 aliphatic heterocycles. The number of aryl methyl sites for hydroxylation is 2. The van der Waals surface area contributed by atoms with Crippen LogP contribution in [0.2, 0.25) is 0 Å². The van der Waals surface area contributed by atoms with Crippen molar-refractivity contribution in [3.63, 3.8) is 0 Å². The standard InChI is InChI=1S/C44H50N4O/c1-8-30-15-14-16-31(9-2)43(30)44-38(10-3)46-48(39(44)11-4)33-24-32(28(5)6)25-35(26-33)49-34-19-20-37-36-17-12-13-18-40(36)47(41(37)27-34)42-23-29(7)21-22-45-42/h12-13,15,17-28,31,43H,8-11,14,16H2,1-7H3/t31-,43?/m0/s1. The summed E-state index contributed by atoms with van der Waals surface area (Å²) in [6, 6.07) is 25.8. The Kier molecular flexibility index (Phi) is 9.19. The highest BCUT2D eigenvalue weighted by Gasteiger charge is 2.33. The Hall–Kier alpha value is -4.64. The normalized spacial score (nSPS) is 16.5. The molecule has 5 heteroatoms. The first-order valence-corrected chi connectivity index (χ1v) is 18.4. The average molecular weight is 651 g/mol. The monoisotopic (exact) mass is 650 g/mol. The van der Waals surface area contributed by atoms with Crippen LogP contribution in [0.1, 0.15) is 107 Å². The fraction of sp³-hybridized carbons (Fsp3) is 0.364. The number of nitrogens with zero attached hydrogens (tertiary/aromatic N) is 4. The first kappa shape index (κ1) is 32.9. The Morgan fingerprint density at radius 2 is 1.65 bits per heavy atom. The first-order valence-electron chi connectivity index (χ1n) is 18.4. The largest absolute Gasteiger partial charge is 0.457 e. The van der Waals surface area contributed by atoms with Gasteiger partial charge in [0.15, 0.2) is 0 Å². The summed E-state index contributed by atoms with van der Waals surface area (Å²) in [6.45, 7) is 15.8. The quantitative estimate of drug-likeness (QED) is 0.139. The van der Waals surface area contributed by atoms with Crippen LogP contribution in [0.5, 0.6) is 11.5 Å². The molecule has 0 amide bonds. The van der Waals surface area contributed by atoms with E-state index in [9.17, 15) is 0 Å². The van der Waals surface area contributed by atoms with E-state index in [0.717, 1.165) is 53.3 Å². The van der Waals surface area contributed by atoms with Crippen LogP contribution < -0.4 is 4.74 Å². The molecular weight excluding hydrogens is 601 g/mol. The van der Waals surface area contributed by atoms with E-state index >= 15 is 0 Å². The molecule has 5 nitrogen and oxygen atoms in total. The van der Waals surface area contributed by atoms with Crippen LogP contribution in [-0.4, -0.2) is 19.3 Å². The minimum absolute atomic E-state index is 0.336. The second-order valence-corrected chi connectivity index (χ2v) is 14.0. The summed E-state index contributed by atoms with van der Waals surface area (Å²) in [5, 5.41) is 7.76. The van der Waals surface area contributed by atoms with Gasteiger partial charge in [-0.15, -0.1) is 0 Å². The van der Waals surface area contributed by atoms with Crippen molar-refractivity contribution in [1.82, 2.24) is 19.3 Å². The molecule has 0 radical (unpaired) electrons. The second-order valence-electron chi connectivity index (χ2n) is 14.0. The summed E-state index contributed by atoms with van der Waals surface area (Å²) in [6.07, 6.45) is 11.0. The summed E-state index contributed by atoms with van der Waals surface area (Å²) in [5.74, 6) is 3.98. The van der Waals surface area contributed by atoms with Gasteiger partial charge in [0.2, 0.25) is 0 Å². The highest BCUT2D eigenvalue weighted by Crippen LogP contribution is 2.45. The lowest BCUT2D eigenvalue weighted by Crippen LogP contribution is -2.20. The zero-order valence-corrected chi connectivity index (χ0v) is 30.3. The number of para-hydroxylation sites is 1. The highest BCUT2D eigenvalue weighted by molar-refractivity contribution is 6.09. The van der Waals surface area contributed by atoms with Gasteiger partial charge in [-0.05, 0) is 104 Å². The van der Waals surface area contributed by atoms with Crippen LogP contribution in [0.4, 0.5) is 0 Å². The molecule has 252 valence electrons. The number of ether oxygens (including phenoxy) is 1. The molecule has 7 rings (SSSR count). The van der Waals surface area contributed by atoms with E-state index in [0.29, 0.717) is 17.8 Å². The van der Waals surface area contributed by atoms with E-state index < -0.39 is 0 Å². The van der Waals surface area contributed by atoms with Gasteiger partial charge < -0.3 is 4.74 Å². The van der Waals surface area contributed by atoms with Crippen molar-refractivity contribution in [3.8, 4) is 23.0 Å². The Bertz CT molecular complexity index is 2160. The minimum Gasteiger partial charge on any atom is -0.457 e. The van der Waals surface area contributed by atoms with Gasteiger partial charge in [0, 0.05) is 46.3 Å². The maximum Gasteiger partial charge on any atom is 0.137 e. The van der Waals surface area contributed by atoms with Crippen molar-refractivity contribution >= 4 is 21.8 Å². The highest BCUT2D eigenvalue weighted by atomic mass is 16.5. The van der Waals surface area contributed by atoms with Crippen molar-refractivity contribution in [2.45, 2.75) is 98.8 Å². The number of aromatic nitrogens is 4. The molecule has 3 aromatic carbocycles. The van der Waals surface area contributed by atoms with E-state index in [1.807, 2.05) is 12.3 Å². The molecule has 3 heterocycles. The first-order chi connectivity index (χ1) is 23.8. The predicted molar refractivity (Wildman–Crippen MR) is 204 cm³/mol. The third-order valence-corrected chi connectivity index (χ3v) is 10.7. The lowest BCUT2D eigenvalue weighted by Gasteiger charge is -2.33. The number of pyridine rings is 1. The lowest BCUT2D eigenvalue weighted by atomic mass is 9.71. The van der Waals surface area contributed by atoms with Crippen molar-refractivity contribution < 1.29 is 4.74 Å². The van der Waals surface area contributed by atoms with Crippen LogP contribution in [0, 0.1) is 12.8 Å². The topological polar surface area (TPSA) is 44.9 Å². The second kappa shape index (κ2) is 13.7. The van der Waals surface area contributed by atoms with Gasteiger partial charge in [0.1, 0.15) is 17.3 Å². The Morgan fingerprint density at radius 3 is 2.39 bits per heavy atom. The molecule has 2 atom stereocenters. The van der Waals surface area contributed by atoms with E-state index in [-0.39, 0.29) is 0 Å². The molecule has 6 aromatic rings. The molecule has 49 heavy (non-hydrogen) atoms. The van der Waals surface area contributed by atoms with Crippen LogP contribution in [-0.2, 0) is 12.8 Å². The number of fused-ring (bicyclic) bond motifs is 3. The van der Waals surface area contributed by atoms with Crippen molar-refractivity contribution in [2.75, 3.05) is 0 Å². The van der Waals surface area contributed by atoms with Crippen LogP contribution in [0.25, 0.3) is 33.3 Å². The zero-order chi connectivity index (χ0) is 34.2. The molecule has 0 saturated carbocycles. The maximum atomic E-state index is 6.79. The fourth-order valence-electron chi connectivity index (χ4n) is 8.15. The van der Waals surface area contributed by atoms with Gasteiger partial charge in [-0.1, -0.05) is 77.8 Å². The summed E-state index contributed by atoms with van der Waals surface area (Å²) in [4.78, 5) is 4.77. The summed E-state index contributed by atoms with van der Waals surface area (Å²) in [5.41, 5.74) is 11.3. The molecule has 0 spiro atoms.